The second kappa shape index (κ2) is 3.96. The lowest BCUT2D eigenvalue weighted by atomic mass is 9.84. The summed E-state index contributed by atoms with van der Waals surface area (Å²) in [6, 6.07) is 9.91. The zero-order chi connectivity index (χ0) is 10.8. The van der Waals surface area contributed by atoms with Crippen LogP contribution in [0.25, 0.3) is 0 Å². The first-order chi connectivity index (χ1) is 6.46. The molecule has 0 aromatic heterocycles. The van der Waals surface area contributed by atoms with Gasteiger partial charge in [0.15, 0.2) is 0 Å². The second-order valence-electron chi connectivity index (χ2n) is 4.19. The van der Waals surface area contributed by atoms with Crippen molar-refractivity contribution in [2.45, 2.75) is 19.3 Å². The van der Waals surface area contributed by atoms with Gasteiger partial charge in [0.2, 0.25) is 5.91 Å². The molecule has 1 aromatic carbocycles. The molecule has 0 saturated heterocycles. The lowest BCUT2D eigenvalue weighted by Gasteiger charge is -2.27. The number of rotatable bonds is 2. The molecule has 0 saturated carbocycles. The molecular weight excluding hydrogens is 190 g/mol. The van der Waals surface area contributed by atoms with Crippen LogP contribution in [-0.4, -0.2) is 27.9 Å². The summed E-state index contributed by atoms with van der Waals surface area (Å²) in [7, 11) is 2.61. The normalized spacial score (nSPS) is 11.4. The highest BCUT2D eigenvalue weighted by molar-refractivity contribution is 6.15. The van der Waals surface area contributed by atoms with E-state index in [0.717, 1.165) is 16.0 Å². The summed E-state index contributed by atoms with van der Waals surface area (Å²) in [4.78, 5) is 11.9. The Hall–Kier alpha value is -1.09. The van der Waals surface area contributed by atoms with Crippen LogP contribution < -0.4 is 0 Å². The fourth-order valence-corrected chi connectivity index (χ4v) is 2.10. The highest BCUT2D eigenvalue weighted by Crippen LogP contribution is 2.24. The van der Waals surface area contributed by atoms with Gasteiger partial charge in [0.25, 0.3) is 0 Å². The molecule has 0 aliphatic rings. The van der Waals surface area contributed by atoms with Crippen molar-refractivity contribution in [3.05, 3.63) is 35.9 Å². The van der Waals surface area contributed by atoms with Crippen LogP contribution in [0.1, 0.15) is 19.4 Å². The van der Waals surface area contributed by atoms with E-state index in [1.807, 2.05) is 51.2 Å². The topological polar surface area (TPSA) is 20.3 Å². The molecule has 0 atom stereocenters. The molecule has 0 bridgehead atoms. The first-order valence-corrected chi connectivity index (χ1v) is 5.63. The van der Waals surface area contributed by atoms with Crippen molar-refractivity contribution in [2.75, 3.05) is 7.05 Å². The molecule has 1 rings (SSSR count). The van der Waals surface area contributed by atoms with Crippen LogP contribution in [0.3, 0.4) is 0 Å². The Morgan fingerprint density at radius 1 is 1.29 bits per heavy atom. The zero-order valence-electron chi connectivity index (χ0n) is 9.24. The predicted octanol–water partition coefficient (Wildman–Crippen LogP) is 0.703. The maximum Gasteiger partial charge on any atom is 0.223 e. The third-order valence-electron chi connectivity index (χ3n) is 2.44. The Morgan fingerprint density at radius 3 is 2.21 bits per heavy atom. The zero-order valence-corrected chi connectivity index (χ0v) is 11.2. The van der Waals surface area contributed by atoms with Gasteiger partial charge in [-0.25, -0.2) is 0 Å². The van der Waals surface area contributed by atoms with Gasteiger partial charge in [-0.05, 0) is 26.5 Å². The second-order valence-corrected chi connectivity index (χ2v) is 5.53. The summed E-state index contributed by atoms with van der Waals surface area (Å²) < 4.78 is 1.77. The van der Waals surface area contributed by atoms with Crippen molar-refractivity contribution in [3.8, 4) is 0 Å². The van der Waals surface area contributed by atoms with E-state index in [-0.39, 0.29) is 5.91 Å². The fraction of sp³-hybridized carbons (Fsp3) is 0.364. The maximum atomic E-state index is 11.9. The molecule has 0 aliphatic carbocycles. The standard InChI is InChI=1S/C11H17NOSi/c1-11(2,10(13)12(3)14)9-7-5-4-6-8-9/h4-8H,1-3,14H3. The first kappa shape index (κ1) is 11.0. The van der Waals surface area contributed by atoms with E-state index in [0.29, 0.717) is 0 Å². The van der Waals surface area contributed by atoms with Crippen LogP contribution in [-0.2, 0) is 10.2 Å². The highest BCUT2D eigenvalue weighted by atomic mass is 28.2. The van der Waals surface area contributed by atoms with E-state index in [4.69, 9.17) is 0 Å². The van der Waals surface area contributed by atoms with Gasteiger partial charge < -0.3 is 4.57 Å². The highest BCUT2D eigenvalue weighted by Gasteiger charge is 2.30. The van der Waals surface area contributed by atoms with Gasteiger partial charge in [-0.3, -0.25) is 4.79 Å². The van der Waals surface area contributed by atoms with Crippen molar-refractivity contribution in [2.24, 2.45) is 0 Å². The number of nitrogens with zero attached hydrogens (tertiary/aromatic N) is 1. The smallest absolute Gasteiger partial charge is 0.223 e. The van der Waals surface area contributed by atoms with Crippen molar-refractivity contribution in [1.82, 2.24) is 4.57 Å². The van der Waals surface area contributed by atoms with Crippen molar-refractivity contribution in [3.63, 3.8) is 0 Å². The minimum atomic E-state index is -0.405. The summed E-state index contributed by atoms with van der Waals surface area (Å²) in [6.45, 7) is 3.94. The number of carbonyl (C=O) groups is 1. The van der Waals surface area contributed by atoms with E-state index in [9.17, 15) is 4.79 Å². The lowest BCUT2D eigenvalue weighted by Crippen LogP contribution is -2.39. The van der Waals surface area contributed by atoms with Crippen molar-refractivity contribution >= 4 is 16.3 Å². The molecule has 76 valence electrons. The van der Waals surface area contributed by atoms with Gasteiger partial charge in [-0.2, -0.15) is 0 Å². The molecule has 0 unspecified atom stereocenters. The largest absolute Gasteiger partial charge is 0.380 e. The van der Waals surface area contributed by atoms with E-state index in [2.05, 4.69) is 0 Å². The minimum absolute atomic E-state index is 0.190. The summed E-state index contributed by atoms with van der Waals surface area (Å²) in [6.07, 6.45) is 0. The number of likely N-dealkylation sites (N-methyl/N-ethyl adjacent to an activating group) is 1. The number of benzene rings is 1. The van der Waals surface area contributed by atoms with Crippen LogP contribution in [0.15, 0.2) is 30.3 Å². The monoisotopic (exact) mass is 207 g/mol. The molecule has 1 aromatic rings. The lowest BCUT2D eigenvalue weighted by molar-refractivity contribution is -0.130. The Bertz CT molecular complexity index is 319. The Balaban J connectivity index is 3.02. The number of hydrogen-bond acceptors (Lipinski definition) is 1. The third kappa shape index (κ3) is 2.04. The van der Waals surface area contributed by atoms with Gasteiger partial charge >= 0.3 is 0 Å². The van der Waals surface area contributed by atoms with Gasteiger partial charge in [0.1, 0.15) is 10.4 Å². The number of hydrogen-bond donors (Lipinski definition) is 0. The molecule has 3 heteroatoms. The van der Waals surface area contributed by atoms with Gasteiger partial charge in [-0.1, -0.05) is 30.3 Å². The maximum absolute atomic E-state index is 11.9. The Kier molecular flexibility index (Phi) is 3.11. The summed E-state index contributed by atoms with van der Waals surface area (Å²) in [5, 5.41) is 0. The first-order valence-electron chi connectivity index (χ1n) is 4.73. The van der Waals surface area contributed by atoms with Gasteiger partial charge in [0, 0.05) is 0 Å². The van der Waals surface area contributed by atoms with E-state index >= 15 is 0 Å². The molecule has 0 spiro atoms. The molecular formula is C11H17NOSi. The van der Waals surface area contributed by atoms with Gasteiger partial charge in [-0.15, -0.1) is 0 Å². The Morgan fingerprint density at radius 2 is 1.79 bits per heavy atom. The van der Waals surface area contributed by atoms with Crippen LogP contribution in [0.5, 0.6) is 0 Å². The predicted molar refractivity (Wildman–Crippen MR) is 62.2 cm³/mol. The minimum Gasteiger partial charge on any atom is -0.380 e. The molecule has 14 heavy (non-hydrogen) atoms. The molecule has 0 aliphatic heterocycles. The SMILES string of the molecule is CN([SiH3])C(=O)C(C)(C)c1ccccc1. The van der Waals surface area contributed by atoms with E-state index < -0.39 is 5.41 Å². The quantitative estimate of drug-likeness (QED) is 0.654. The molecule has 0 fully saturated rings. The third-order valence-corrected chi connectivity index (χ3v) is 2.84. The van der Waals surface area contributed by atoms with Crippen LogP contribution in [0, 0.1) is 0 Å². The molecule has 1 amide bonds. The number of carbonyl (C=O) groups excluding carboxylic acids is 1. The molecule has 0 N–H and O–H groups in total. The summed E-state index contributed by atoms with van der Waals surface area (Å²) in [5.74, 6) is 0.190. The summed E-state index contributed by atoms with van der Waals surface area (Å²) in [5.41, 5.74) is 0.672. The fourth-order valence-electron chi connectivity index (χ4n) is 1.54. The molecule has 0 radical (unpaired) electrons. The van der Waals surface area contributed by atoms with Crippen molar-refractivity contribution in [1.29, 1.82) is 0 Å². The molecule has 2 nitrogen and oxygen atoms in total. The summed E-state index contributed by atoms with van der Waals surface area (Å²) >= 11 is 0. The van der Waals surface area contributed by atoms with Crippen LogP contribution >= 0.6 is 0 Å². The van der Waals surface area contributed by atoms with Crippen molar-refractivity contribution < 1.29 is 4.79 Å². The van der Waals surface area contributed by atoms with Crippen LogP contribution in [0.2, 0.25) is 0 Å². The number of amides is 1. The van der Waals surface area contributed by atoms with Gasteiger partial charge in [0.05, 0.1) is 5.41 Å². The average Bonchev–Trinajstić information content (AvgIpc) is 2.18. The Labute approximate surface area is 88.4 Å². The van der Waals surface area contributed by atoms with E-state index in [1.54, 1.807) is 4.57 Å². The average molecular weight is 207 g/mol. The molecule has 0 heterocycles. The van der Waals surface area contributed by atoms with Crippen LogP contribution in [0.4, 0.5) is 0 Å². The van der Waals surface area contributed by atoms with E-state index in [1.165, 1.54) is 0 Å².